The summed E-state index contributed by atoms with van der Waals surface area (Å²) >= 11 is 0. The molecule has 0 aliphatic heterocycles. The monoisotopic (exact) mass is 292 g/mol. The van der Waals surface area contributed by atoms with E-state index >= 15 is 0 Å². The Morgan fingerprint density at radius 1 is 1.29 bits per heavy atom. The number of methoxy groups -OCH3 is 1. The van der Waals surface area contributed by atoms with E-state index in [1.807, 2.05) is 45.0 Å². The Bertz CT molecular complexity index is 448. The molecule has 0 aromatic heterocycles. The van der Waals surface area contributed by atoms with Crippen LogP contribution in [-0.2, 0) is 4.79 Å². The number of rotatable bonds is 8. The second-order valence-corrected chi connectivity index (χ2v) is 5.58. The quantitative estimate of drug-likeness (QED) is 0.774. The molecule has 0 aliphatic rings. The van der Waals surface area contributed by atoms with Crippen LogP contribution in [0.5, 0.6) is 5.75 Å². The number of nitrogens with one attached hydrogen (secondary N) is 2. The molecule has 0 bridgehead atoms. The Labute approximate surface area is 128 Å². The number of benzene rings is 1. The average molecular weight is 292 g/mol. The first-order valence-corrected chi connectivity index (χ1v) is 7.68. The highest BCUT2D eigenvalue weighted by molar-refractivity contribution is 5.81. The summed E-state index contributed by atoms with van der Waals surface area (Å²) in [6.07, 6.45) is 2.08. The van der Waals surface area contributed by atoms with Crippen LogP contribution in [-0.4, -0.2) is 25.1 Å². The van der Waals surface area contributed by atoms with Gasteiger partial charge in [0.15, 0.2) is 0 Å². The van der Waals surface area contributed by atoms with E-state index in [0.717, 1.165) is 24.2 Å². The van der Waals surface area contributed by atoms with Crippen LogP contribution in [0.3, 0.4) is 0 Å². The lowest BCUT2D eigenvalue weighted by Crippen LogP contribution is -2.46. The van der Waals surface area contributed by atoms with Gasteiger partial charge in [-0.05, 0) is 44.9 Å². The van der Waals surface area contributed by atoms with E-state index < -0.39 is 0 Å². The van der Waals surface area contributed by atoms with Gasteiger partial charge >= 0.3 is 0 Å². The van der Waals surface area contributed by atoms with Gasteiger partial charge in [-0.1, -0.05) is 25.5 Å². The molecule has 118 valence electrons. The molecule has 0 spiro atoms. The molecule has 3 atom stereocenters. The fourth-order valence-electron chi connectivity index (χ4n) is 2.33. The summed E-state index contributed by atoms with van der Waals surface area (Å²) in [5.41, 5.74) is 1.11. The van der Waals surface area contributed by atoms with Crippen LogP contribution in [0.2, 0.25) is 0 Å². The number of ether oxygens (including phenoxy) is 1. The molecule has 0 fully saturated rings. The minimum absolute atomic E-state index is 0.0469. The molecule has 21 heavy (non-hydrogen) atoms. The van der Waals surface area contributed by atoms with Crippen molar-refractivity contribution in [3.8, 4) is 5.75 Å². The molecule has 2 N–H and O–H groups in total. The second-order valence-electron chi connectivity index (χ2n) is 5.58. The van der Waals surface area contributed by atoms with Gasteiger partial charge in [-0.3, -0.25) is 10.1 Å². The van der Waals surface area contributed by atoms with Gasteiger partial charge < -0.3 is 10.1 Å². The van der Waals surface area contributed by atoms with Gasteiger partial charge in [-0.15, -0.1) is 0 Å². The zero-order valence-corrected chi connectivity index (χ0v) is 13.8. The predicted octanol–water partition coefficient (Wildman–Crippen LogP) is 3.04. The molecular weight excluding hydrogens is 264 g/mol. The molecule has 4 heteroatoms. The maximum absolute atomic E-state index is 12.1. The molecule has 0 heterocycles. The van der Waals surface area contributed by atoms with Gasteiger partial charge in [0.1, 0.15) is 5.75 Å². The molecule has 1 rings (SSSR count). The molecule has 0 radical (unpaired) electrons. The van der Waals surface area contributed by atoms with Crippen molar-refractivity contribution in [2.24, 2.45) is 0 Å². The first kappa shape index (κ1) is 17.5. The Balaban J connectivity index is 2.56. The summed E-state index contributed by atoms with van der Waals surface area (Å²) in [7, 11) is 1.66. The van der Waals surface area contributed by atoms with Gasteiger partial charge in [-0.2, -0.15) is 0 Å². The highest BCUT2D eigenvalue weighted by Crippen LogP contribution is 2.19. The van der Waals surface area contributed by atoms with Crippen LogP contribution < -0.4 is 15.4 Å². The Kier molecular flexibility index (Phi) is 7.23. The van der Waals surface area contributed by atoms with Gasteiger partial charge in [-0.25, -0.2) is 0 Å². The zero-order valence-electron chi connectivity index (χ0n) is 13.8. The second kappa shape index (κ2) is 8.67. The SMILES string of the molecule is CCCC(C)NC(=O)C(C)N[C@@H](C)c1cccc(OC)c1. The molecule has 4 nitrogen and oxygen atoms in total. The summed E-state index contributed by atoms with van der Waals surface area (Å²) in [4.78, 5) is 12.1. The maximum atomic E-state index is 12.1. The molecule has 1 aromatic carbocycles. The predicted molar refractivity (Wildman–Crippen MR) is 86.5 cm³/mol. The first-order chi connectivity index (χ1) is 9.97. The number of carbonyl (C=O) groups excluding carboxylic acids is 1. The van der Waals surface area contributed by atoms with Crippen LogP contribution in [0.4, 0.5) is 0 Å². The lowest BCUT2D eigenvalue weighted by molar-refractivity contribution is -0.123. The van der Waals surface area contributed by atoms with E-state index in [2.05, 4.69) is 17.6 Å². The van der Waals surface area contributed by atoms with E-state index in [-0.39, 0.29) is 24.0 Å². The van der Waals surface area contributed by atoms with Crippen LogP contribution in [0, 0.1) is 0 Å². The van der Waals surface area contributed by atoms with Crippen molar-refractivity contribution >= 4 is 5.91 Å². The molecular formula is C17H28N2O2. The van der Waals surface area contributed by atoms with Crippen molar-refractivity contribution in [1.82, 2.24) is 10.6 Å². The number of carbonyl (C=O) groups is 1. The van der Waals surface area contributed by atoms with Crippen LogP contribution in [0.25, 0.3) is 0 Å². The van der Waals surface area contributed by atoms with Crippen LogP contribution in [0.1, 0.15) is 52.1 Å². The summed E-state index contributed by atoms with van der Waals surface area (Å²) in [6.45, 7) is 8.10. The van der Waals surface area contributed by atoms with Gasteiger partial charge in [0.25, 0.3) is 0 Å². The van der Waals surface area contributed by atoms with E-state index in [4.69, 9.17) is 4.74 Å². The molecule has 2 unspecified atom stereocenters. The molecule has 0 saturated heterocycles. The molecule has 1 aromatic rings. The van der Waals surface area contributed by atoms with Gasteiger partial charge in [0.2, 0.25) is 5.91 Å². The summed E-state index contributed by atoms with van der Waals surface area (Å²) in [6, 6.07) is 7.97. The van der Waals surface area contributed by atoms with Crippen molar-refractivity contribution in [2.45, 2.75) is 58.7 Å². The van der Waals surface area contributed by atoms with E-state index in [1.165, 1.54) is 0 Å². The van der Waals surface area contributed by atoms with Crippen molar-refractivity contribution in [3.63, 3.8) is 0 Å². The number of hydrogen-bond acceptors (Lipinski definition) is 3. The fourth-order valence-corrected chi connectivity index (χ4v) is 2.33. The first-order valence-electron chi connectivity index (χ1n) is 7.68. The third-order valence-electron chi connectivity index (χ3n) is 3.60. The Hall–Kier alpha value is -1.55. The van der Waals surface area contributed by atoms with Gasteiger partial charge in [0.05, 0.1) is 13.2 Å². The van der Waals surface area contributed by atoms with Crippen LogP contribution >= 0.6 is 0 Å². The number of amides is 1. The Morgan fingerprint density at radius 3 is 2.62 bits per heavy atom. The smallest absolute Gasteiger partial charge is 0.237 e. The third-order valence-corrected chi connectivity index (χ3v) is 3.60. The number of hydrogen-bond donors (Lipinski definition) is 2. The minimum Gasteiger partial charge on any atom is -0.497 e. The van der Waals surface area contributed by atoms with E-state index in [9.17, 15) is 4.79 Å². The van der Waals surface area contributed by atoms with Crippen molar-refractivity contribution < 1.29 is 9.53 Å². The van der Waals surface area contributed by atoms with Gasteiger partial charge in [0, 0.05) is 12.1 Å². The molecule has 0 saturated carbocycles. The summed E-state index contributed by atoms with van der Waals surface area (Å²) in [5.74, 6) is 0.875. The third kappa shape index (κ3) is 5.76. The normalized spacial score (nSPS) is 15.1. The highest BCUT2D eigenvalue weighted by atomic mass is 16.5. The topological polar surface area (TPSA) is 50.4 Å². The minimum atomic E-state index is -0.231. The van der Waals surface area contributed by atoms with E-state index in [1.54, 1.807) is 7.11 Å². The summed E-state index contributed by atoms with van der Waals surface area (Å²) in [5, 5.41) is 6.36. The molecule has 1 amide bonds. The molecule has 0 aliphatic carbocycles. The lowest BCUT2D eigenvalue weighted by Gasteiger charge is -2.22. The van der Waals surface area contributed by atoms with Crippen molar-refractivity contribution in [1.29, 1.82) is 0 Å². The zero-order chi connectivity index (χ0) is 15.8. The highest BCUT2D eigenvalue weighted by Gasteiger charge is 2.17. The maximum Gasteiger partial charge on any atom is 0.237 e. The standard InChI is InChI=1S/C17H28N2O2/c1-6-8-12(2)18-17(20)14(4)19-13(3)15-9-7-10-16(11-15)21-5/h7,9-14,19H,6,8H2,1-5H3,(H,18,20)/t12?,13-,14?/m0/s1. The van der Waals surface area contributed by atoms with Crippen molar-refractivity contribution in [2.75, 3.05) is 7.11 Å². The van der Waals surface area contributed by atoms with E-state index in [0.29, 0.717) is 0 Å². The van der Waals surface area contributed by atoms with Crippen molar-refractivity contribution in [3.05, 3.63) is 29.8 Å². The average Bonchev–Trinajstić information content (AvgIpc) is 2.47. The lowest BCUT2D eigenvalue weighted by atomic mass is 10.1. The fraction of sp³-hybridized carbons (Fsp3) is 0.588. The summed E-state index contributed by atoms with van der Waals surface area (Å²) < 4.78 is 5.23. The Morgan fingerprint density at radius 2 is 2.00 bits per heavy atom. The largest absolute Gasteiger partial charge is 0.497 e. The van der Waals surface area contributed by atoms with Crippen LogP contribution in [0.15, 0.2) is 24.3 Å².